The number of allylic oxidation sites excluding steroid dienone is 4. The van der Waals surface area contributed by atoms with E-state index in [1.807, 2.05) is 64.1 Å². The molecule has 0 aliphatic heterocycles. The molecule has 2 nitrogen and oxygen atoms in total. The number of hydrogen-bond acceptors (Lipinski definition) is 1. The maximum Gasteiger partial charge on any atom is 0.251 e. The number of nitrogens with one attached hydrogen (secondary N) is 1. The lowest BCUT2D eigenvalue weighted by molar-refractivity contribution is -0.118. The van der Waals surface area contributed by atoms with E-state index in [4.69, 9.17) is 0 Å². The van der Waals surface area contributed by atoms with Gasteiger partial charge in [0.15, 0.2) is 0 Å². The third-order valence-electron chi connectivity index (χ3n) is 3.35. The van der Waals surface area contributed by atoms with Crippen LogP contribution >= 0.6 is 0 Å². The molecule has 0 radical (unpaired) electrons. The van der Waals surface area contributed by atoms with Crippen LogP contribution in [0.1, 0.15) is 39.2 Å². The van der Waals surface area contributed by atoms with Crippen molar-refractivity contribution in [1.82, 2.24) is 5.32 Å². The quantitative estimate of drug-likeness (QED) is 0.867. The summed E-state index contributed by atoms with van der Waals surface area (Å²) in [7, 11) is 0. The molecule has 21 heavy (non-hydrogen) atoms. The molecule has 1 aromatic carbocycles. The van der Waals surface area contributed by atoms with E-state index in [9.17, 15) is 4.79 Å². The highest BCUT2D eigenvalue weighted by atomic mass is 16.1. The van der Waals surface area contributed by atoms with Gasteiger partial charge >= 0.3 is 0 Å². The van der Waals surface area contributed by atoms with Gasteiger partial charge in [-0.25, -0.2) is 0 Å². The van der Waals surface area contributed by atoms with Crippen LogP contribution < -0.4 is 5.32 Å². The summed E-state index contributed by atoms with van der Waals surface area (Å²) in [5.41, 5.74) is 2.70. The lowest BCUT2D eigenvalue weighted by Gasteiger charge is -2.22. The second kappa shape index (κ2) is 6.13. The molecule has 0 spiro atoms. The Morgan fingerprint density at radius 1 is 1.14 bits per heavy atom. The zero-order chi connectivity index (χ0) is 15.5. The zero-order valence-corrected chi connectivity index (χ0v) is 13.2. The largest absolute Gasteiger partial charge is 0.347 e. The first-order valence-electron chi connectivity index (χ1n) is 7.31. The Labute approximate surface area is 127 Å². The van der Waals surface area contributed by atoms with Gasteiger partial charge in [-0.05, 0) is 38.8 Å². The molecular formula is C19H23NO. The van der Waals surface area contributed by atoms with E-state index in [1.54, 1.807) is 0 Å². The van der Waals surface area contributed by atoms with Crippen molar-refractivity contribution in [3.05, 3.63) is 71.3 Å². The van der Waals surface area contributed by atoms with E-state index >= 15 is 0 Å². The molecule has 1 amide bonds. The fourth-order valence-electron chi connectivity index (χ4n) is 2.32. The van der Waals surface area contributed by atoms with Crippen molar-refractivity contribution in [2.75, 3.05) is 0 Å². The second-order valence-corrected chi connectivity index (χ2v) is 6.46. The molecule has 1 N–H and O–H groups in total. The molecule has 1 unspecified atom stereocenters. The molecule has 0 aromatic heterocycles. The van der Waals surface area contributed by atoms with E-state index < -0.39 is 0 Å². The molecule has 0 fully saturated rings. The van der Waals surface area contributed by atoms with Gasteiger partial charge in [0.25, 0.3) is 5.91 Å². The van der Waals surface area contributed by atoms with Crippen molar-refractivity contribution in [3.63, 3.8) is 0 Å². The third kappa shape index (κ3) is 4.19. The van der Waals surface area contributed by atoms with Crippen LogP contribution in [-0.2, 0) is 4.79 Å². The van der Waals surface area contributed by atoms with Crippen molar-refractivity contribution in [3.8, 4) is 0 Å². The van der Waals surface area contributed by atoms with Crippen molar-refractivity contribution < 1.29 is 4.79 Å². The van der Waals surface area contributed by atoms with E-state index in [-0.39, 0.29) is 17.4 Å². The number of hydrogen-bond donors (Lipinski definition) is 1. The zero-order valence-electron chi connectivity index (χ0n) is 13.2. The summed E-state index contributed by atoms with van der Waals surface area (Å²) in [6.07, 6.45) is 8.19. The van der Waals surface area contributed by atoms with E-state index in [0.29, 0.717) is 0 Å². The molecule has 1 aromatic rings. The normalized spacial score (nSPS) is 18.6. The van der Waals surface area contributed by atoms with Gasteiger partial charge in [0.05, 0.1) is 0 Å². The van der Waals surface area contributed by atoms with Gasteiger partial charge in [-0.3, -0.25) is 4.79 Å². The van der Waals surface area contributed by atoms with Crippen LogP contribution in [0.15, 0.2) is 65.8 Å². The van der Waals surface area contributed by atoms with Gasteiger partial charge < -0.3 is 5.32 Å². The number of carbonyl (C=O) groups excluding carboxylic acids is 1. The summed E-state index contributed by atoms with van der Waals surface area (Å²) in [5, 5.41) is 3.04. The SMILES string of the molecule is CC1=CC=CC(c2ccccc2)C=C1C(=O)NC(C)(C)C. The Morgan fingerprint density at radius 2 is 1.81 bits per heavy atom. The van der Waals surface area contributed by atoms with E-state index in [2.05, 4.69) is 23.5 Å². The van der Waals surface area contributed by atoms with Crippen LogP contribution in [0.2, 0.25) is 0 Å². The molecule has 0 saturated carbocycles. The highest BCUT2D eigenvalue weighted by Gasteiger charge is 2.20. The summed E-state index contributed by atoms with van der Waals surface area (Å²) < 4.78 is 0. The molecule has 2 heteroatoms. The first kappa shape index (κ1) is 15.3. The molecule has 0 heterocycles. The Bertz CT molecular complexity index is 600. The smallest absolute Gasteiger partial charge is 0.251 e. The minimum absolute atomic E-state index is 0.0131. The average molecular weight is 281 g/mol. The number of carbonyl (C=O) groups is 1. The minimum Gasteiger partial charge on any atom is -0.347 e. The van der Waals surface area contributed by atoms with Crippen molar-refractivity contribution in [2.45, 2.75) is 39.2 Å². The fourth-order valence-corrected chi connectivity index (χ4v) is 2.32. The average Bonchev–Trinajstić information content (AvgIpc) is 2.60. The second-order valence-electron chi connectivity index (χ2n) is 6.46. The Morgan fingerprint density at radius 3 is 2.43 bits per heavy atom. The maximum absolute atomic E-state index is 12.5. The van der Waals surface area contributed by atoms with E-state index in [1.165, 1.54) is 5.56 Å². The molecule has 0 saturated heterocycles. The van der Waals surface area contributed by atoms with Crippen LogP contribution in [0.4, 0.5) is 0 Å². The summed E-state index contributed by atoms with van der Waals surface area (Å²) in [4.78, 5) is 12.5. The summed E-state index contributed by atoms with van der Waals surface area (Å²) >= 11 is 0. The van der Waals surface area contributed by atoms with Crippen LogP contribution in [0.3, 0.4) is 0 Å². The first-order chi connectivity index (χ1) is 9.87. The lowest BCUT2D eigenvalue weighted by atomic mass is 9.95. The summed E-state index contributed by atoms with van der Waals surface area (Å²) in [6, 6.07) is 10.2. The van der Waals surface area contributed by atoms with Gasteiger partial charge in [-0.1, -0.05) is 54.6 Å². The Hall–Kier alpha value is -2.09. The van der Waals surface area contributed by atoms with Gasteiger partial charge in [0.1, 0.15) is 0 Å². The Kier molecular flexibility index (Phi) is 4.46. The van der Waals surface area contributed by atoms with Crippen LogP contribution in [0.5, 0.6) is 0 Å². The number of amides is 1. The molecule has 1 atom stereocenters. The Balaban J connectivity index is 2.33. The molecule has 1 aliphatic carbocycles. The summed E-state index contributed by atoms with van der Waals surface area (Å²) in [6.45, 7) is 7.96. The molecular weight excluding hydrogens is 258 g/mol. The molecule has 2 rings (SSSR count). The number of rotatable bonds is 2. The monoisotopic (exact) mass is 281 g/mol. The molecule has 1 aliphatic rings. The van der Waals surface area contributed by atoms with Crippen molar-refractivity contribution >= 4 is 5.91 Å². The maximum atomic E-state index is 12.5. The highest BCUT2D eigenvalue weighted by Crippen LogP contribution is 2.26. The van der Waals surface area contributed by atoms with Gasteiger partial charge in [-0.2, -0.15) is 0 Å². The summed E-state index contributed by atoms with van der Waals surface area (Å²) in [5.74, 6) is 0.112. The molecule has 0 bridgehead atoms. The minimum atomic E-state index is -0.236. The highest BCUT2D eigenvalue weighted by molar-refractivity contribution is 5.98. The van der Waals surface area contributed by atoms with Crippen LogP contribution in [-0.4, -0.2) is 11.4 Å². The van der Waals surface area contributed by atoms with E-state index in [0.717, 1.165) is 11.1 Å². The molecule has 110 valence electrons. The van der Waals surface area contributed by atoms with Gasteiger partial charge in [0, 0.05) is 17.0 Å². The fraction of sp³-hybridized carbons (Fsp3) is 0.316. The van der Waals surface area contributed by atoms with Gasteiger partial charge in [-0.15, -0.1) is 0 Å². The predicted molar refractivity (Wildman–Crippen MR) is 88.1 cm³/mol. The predicted octanol–water partition coefficient (Wildman–Crippen LogP) is 4.13. The van der Waals surface area contributed by atoms with Crippen molar-refractivity contribution in [1.29, 1.82) is 0 Å². The van der Waals surface area contributed by atoms with Crippen LogP contribution in [0.25, 0.3) is 0 Å². The van der Waals surface area contributed by atoms with Crippen LogP contribution in [0, 0.1) is 0 Å². The van der Waals surface area contributed by atoms with Gasteiger partial charge in [0.2, 0.25) is 0 Å². The van der Waals surface area contributed by atoms with Crippen molar-refractivity contribution in [2.24, 2.45) is 0 Å². The lowest BCUT2D eigenvalue weighted by Crippen LogP contribution is -2.41. The first-order valence-corrected chi connectivity index (χ1v) is 7.31. The standard InChI is InChI=1S/C19H23NO/c1-14-9-8-12-16(15-10-6-5-7-11-15)13-17(14)18(21)20-19(2,3)4/h5-13,16H,1-4H3,(H,20,21). The topological polar surface area (TPSA) is 29.1 Å². The number of benzene rings is 1. The third-order valence-corrected chi connectivity index (χ3v) is 3.35.